The van der Waals surface area contributed by atoms with Crippen LogP contribution in [0.1, 0.15) is 39.0 Å². The number of hydrogen-bond donors (Lipinski definition) is 2. The molecule has 0 aliphatic heterocycles. The maximum absolute atomic E-state index is 3.56. The van der Waals surface area contributed by atoms with Gasteiger partial charge in [-0.15, -0.1) is 0 Å². The third-order valence-electron chi connectivity index (χ3n) is 3.59. The van der Waals surface area contributed by atoms with E-state index in [4.69, 9.17) is 0 Å². The van der Waals surface area contributed by atoms with Crippen LogP contribution in [0.4, 0.5) is 11.4 Å². The van der Waals surface area contributed by atoms with Crippen molar-refractivity contribution in [2.75, 3.05) is 23.7 Å². The van der Waals surface area contributed by atoms with Crippen LogP contribution in [0.5, 0.6) is 0 Å². The molecule has 0 heterocycles. The van der Waals surface area contributed by atoms with E-state index in [1.54, 1.807) is 0 Å². The predicted molar refractivity (Wildman–Crippen MR) is 75.7 cm³/mol. The highest BCUT2D eigenvalue weighted by Crippen LogP contribution is 2.24. The van der Waals surface area contributed by atoms with Crippen molar-refractivity contribution in [3.8, 4) is 0 Å². The minimum Gasteiger partial charge on any atom is -0.385 e. The smallest absolute Gasteiger partial charge is 0.0341 e. The van der Waals surface area contributed by atoms with Crippen LogP contribution in [0.25, 0.3) is 0 Å². The van der Waals surface area contributed by atoms with Crippen LogP contribution in [0, 0.1) is 5.92 Å². The highest BCUT2D eigenvalue weighted by atomic mass is 14.9. The second kappa shape index (κ2) is 6.53. The summed E-state index contributed by atoms with van der Waals surface area (Å²) in [5.74, 6) is 0.886. The van der Waals surface area contributed by atoms with E-state index in [0.717, 1.165) is 19.0 Å². The summed E-state index contributed by atoms with van der Waals surface area (Å²) in [6.45, 7) is 4.24. The molecule has 2 nitrogen and oxygen atoms in total. The van der Waals surface area contributed by atoms with Crippen LogP contribution in [0.15, 0.2) is 24.3 Å². The Morgan fingerprint density at radius 1 is 0.941 bits per heavy atom. The summed E-state index contributed by atoms with van der Waals surface area (Å²) in [6, 6.07) is 8.63. The van der Waals surface area contributed by atoms with Crippen molar-refractivity contribution in [2.24, 2.45) is 5.92 Å². The molecule has 94 valence electrons. The van der Waals surface area contributed by atoms with Gasteiger partial charge in [0, 0.05) is 24.5 Å². The molecule has 0 radical (unpaired) electrons. The maximum Gasteiger partial charge on any atom is 0.0341 e. The Morgan fingerprint density at radius 3 is 2.12 bits per heavy atom. The average molecular weight is 232 g/mol. The van der Waals surface area contributed by atoms with Crippen molar-refractivity contribution in [1.82, 2.24) is 0 Å². The summed E-state index contributed by atoms with van der Waals surface area (Å²) in [7, 11) is 0. The number of hydrogen-bond acceptors (Lipinski definition) is 2. The fraction of sp³-hybridized carbons (Fsp3) is 0.600. The Labute approximate surface area is 105 Å². The van der Waals surface area contributed by atoms with Crippen molar-refractivity contribution >= 4 is 11.4 Å². The molecule has 1 aliphatic rings. The van der Waals surface area contributed by atoms with Crippen LogP contribution in [-0.4, -0.2) is 13.1 Å². The molecule has 2 N–H and O–H groups in total. The molecule has 0 unspecified atom stereocenters. The summed E-state index contributed by atoms with van der Waals surface area (Å²) in [6.07, 6.45) is 7.09. The van der Waals surface area contributed by atoms with Gasteiger partial charge in [0.2, 0.25) is 0 Å². The van der Waals surface area contributed by atoms with Crippen LogP contribution in [0.2, 0.25) is 0 Å². The number of anilines is 2. The van der Waals surface area contributed by atoms with E-state index in [1.165, 1.54) is 43.5 Å². The molecular weight excluding hydrogens is 208 g/mol. The summed E-state index contributed by atoms with van der Waals surface area (Å²) in [5, 5.41) is 6.87. The number of rotatable bonds is 5. The molecule has 0 aromatic heterocycles. The summed E-state index contributed by atoms with van der Waals surface area (Å²) in [4.78, 5) is 0. The molecule has 1 saturated carbocycles. The standard InChI is InChI=1S/C15H24N2/c1-2-16-14-8-10-15(11-9-14)17-12-13-6-4-3-5-7-13/h8-11,13,16-17H,2-7,12H2,1H3. The van der Waals surface area contributed by atoms with Gasteiger partial charge in [-0.2, -0.15) is 0 Å². The molecule has 0 amide bonds. The zero-order valence-corrected chi connectivity index (χ0v) is 10.8. The first kappa shape index (κ1) is 12.3. The Hall–Kier alpha value is -1.18. The van der Waals surface area contributed by atoms with E-state index < -0.39 is 0 Å². The molecule has 1 aliphatic carbocycles. The van der Waals surface area contributed by atoms with Crippen LogP contribution >= 0.6 is 0 Å². The lowest BCUT2D eigenvalue weighted by molar-refractivity contribution is 0.373. The molecule has 0 bridgehead atoms. The third-order valence-corrected chi connectivity index (χ3v) is 3.59. The molecule has 2 heteroatoms. The molecule has 0 spiro atoms. The molecule has 0 saturated heterocycles. The van der Waals surface area contributed by atoms with Gasteiger partial charge < -0.3 is 10.6 Å². The molecule has 1 aromatic rings. The quantitative estimate of drug-likeness (QED) is 0.798. The molecular formula is C15H24N2. The van der Waals surface area contributed by atoms with Crippen molar-refractivity contribution in [3.63, 3.8) is 0 Å². The zero-order chi connectivity index (χ0) is 11.9. The highest BCUT2D eigenvalue weighted by Gasteiger charge is 2.12. The van der Waals surface area contributed by atoms with Crippen molar-refractivity contribution in [1.29, 1.82) is 0 Å². The first-order chi connectivity index (χ1) is 8.38. The van der Waals surface area contributed by atoms with Crippen molar-refractivity contribution in [3.05, 3.63) is 24.3 Å². The number of benzene rings is 1. The van der Waals surface area contributed by atoms with Gasteiger partial charge in [0.15, 0.2) is 0 Å². The Kier molecular flexibility index (Phi) is 4.72. The molecule has 0 atom stereocenters. The topological polar surface area (TPSA) is 24.1 Å². The summed E-state index contributed by atoms with van der Waals surface area (Å²) < 4.78 is 0. The maximum atomic E-state index is 3.56. The Balaban J connectivity index is 1.77. The predicted octanol–water partition coefficient (Wildman–Crippen LogP) is 4.11. The summed E-state index contributed by atoms with van der Waals surface area (Å²) >= 11 is 0. The van der Waals surface area contributed by atoms with E-state index in [9.17, 15) is 0 Å². The first-order valence-electron chi connectivity index (χ1n) is 6.96. The van der Waals surface area contributed by atoms with Crippen LogP contribution in [-0.2, 0) is 0 Å². The minimum atomic E-state index is 0.886. The van der Waals surface area contributed by atoms with E-state index in [1.807, 2.05) is 0 Å². The van der Waals surface area contributed by atoms with Crippen molar-refractivity contribution < 1.29 is 0 Å². The number of nitrogens with one attached hydrogen (secondary N) is 2. The van der Waals surface area contributed by atoms with Gasteiger partial charge in [-0.3, -0.25) is 0 Å². The van der Waals surface area contributed by atoms with Gasteiger partial charge in [-0.25, -0.2) is 0 Å². The molecule has 2 rings (SSSR count). The van der Waals surface area contributed by atoms with Crippen LogP contribution in [0.3, 0.4) is 0 Å². The largest absolute Gasteiger partial charge is 0.385 e. The second-order valence-electron chi connectivity index (χ2n) is 4.99. The van der Waals surface area contributed by atoms with Gasteiger partial charge >= 0.3 is 0 Å². The first-order valence-corrected chi connectivity index (χ1v) is 6.96. The van der Waals surface area contributed by atoms with E-state index in [0.29, 0.717) is 0 Å². The lowest BCUT2D eigenvalue weighted by atomic mass is 9.89. The SMILES string of the molecule is CCNc1ccc(NCC2CCCCC2)cc1. The van der Waals surface area contributed by atoms with E-state index in [-0.39, 0.29) is 0 Å². The van der Waals surface area contributed by atoms with Gasteiger partial charge in [-0.05, 0) is 49.9 Å². The van der Waals surface area contributed by atoms with Crippen LogP contribution < -0.4 is 10.6 Å². The van der Waals surface area contributed by atoms with E-state index in [2.05, 4.69) is 41.8 Å². The zero-order valence-electron chi connectivity index (χ0n) is 10.8. The minimum absolute atomic E-state index is 0.886. The van der Waals surface area contributed by atoms with Crippen molar-refractivity contribution in [2.45, 2.75) is 39.0 Å². The van der Waals surface area contributed by atoms with Gasteiger partial charge in [-0.1, -0.05) is 19.3 Å². The average Bonchev–Trinajstić information content (AvgIpc) is 2.40. The molecule has 17 heavy (non-hydrogen) atoms. The fourth-order valence-electron chi connectivity index (χ4n) is 2.56. The Bertz CT molecular complexity index is 312. The molecule has 1 aromatic carbocycles. The lowest BCUT2D eigenvalue weighted by Gasteiger charge is -2.22. The van der Waals surface area contributed by atoms with Gasteiger partial charge in [0.25, 0.3) is 0 Å². The third kappa shape index (κ3) is 3.95. The van der Waals surface area contributed by atoms with Gasteiger partial charge in [0.05, 0.1) is 0 Å². The second-order valence-corrected chi connectivity index (χ2v) is 4.99. The van der Waals surface area contributed by atoms with E-state index >= 15 is 0 Å². The highest BCUT2D eigenvalue weighted by molar-refractivity contribution is 5.53. The van der Waals surface area contributed by atoms with Gasteiger partial charge in [0.1, 0.15) is 0 Å². The normalized spacial score (nSPS) is 16.8. The molecule has 1 fully saturated rings. The monoisotopic (exact) mass is 232 g/mol. The summed E-state index contributed by atoms with van der Waals surface area (Å²) in [5.41, 5.74) is 2.45. The fourth-order valence-corrected chi connectivity index (χ4v) is 2.56. The lowest BCUT2D eigenvalue weighted by Crippen LogP contribution is -2.17. The Morgan fingerprint density at radius 2 is 1.53 bits per heavy atom.